The lowest BCUT2D eigenvalue weighted by atomic mass is 10.2. The van der Waals surface area contributed by atoms with Gasteiger partial charge in [-0.1, -0.05) is 13.8 Å². The number of hydrogen-bond donors (Lipinski definition) is 2. The van der Waals surface area contributed by atoms with E-state index in [2.05, 4.69) is 39.0 Å². The van der Waals surface area contributed by atoms with E-state index in [0.29, 0.717) is 31.2 Å². The Morgan fingerprint density at radius 3 is 2.90 bits per heavy atom. The summed E-state index contributed by atoms with van der Waals surface area (Å²) in [5.41, 5.74) is 0.438. The number of nitrogens with zero attached hydrogens (tertiary/aromatic N) is 4. The summed E-state index contributed by atoms with van der Waals surface area (Å²) in [6.07, 6.45) is 4.64. The molecule has 1 aliphatic heterocycles. The summed E-state index contributed by atoms with van der Waals surface area (Å²) in [4.78, 5) is 11.0. The highest BCUT2D eigenvalue weighted by Crippen LogP contribution is 2.24. The molecule has 1 aliphatic rings. The summed E-state index contributed by atoms with van der Waals surface area (Å²) in [5, 5.41) is 6.70. The number of hydrogen-bond acceptors (Lipinski definition) is 3. The van der Waals surface area contributed by atoms with Gasteiger partial charge in [0, 0.05) is 50.7 Å². The number of imidazole rings is 1. The van der Waals surface area contributed by atoms with Gasteiger partial charge in [-0.05, 0) is 31.4 Å². The molecule has 1 aromatic carbocycles. The van der Waals surface area contributed by atoms with E-state index >= 15 is 0 Å². The zero-order valence-corrected chi connectivity index (χ0v) is 17.3. The molecule has 0 aliphatic carbocycles. The minimum atomic E-state index is -0.558. The molecule has 0 saturated carbocycles. The van der Waals surface area contributed by atoms with Crippen molar-refractivity contribution in [3.05, 3.63) is 48.1 Å². The van der Waals surface area contributed by atoms with Crippen LogP contribution in [0.4, 0.5) is 14.5 Å². The van der Waals surface area contributed by atoms with Crippen LogP contribution in [0.2, 0.25) is 0 Å². The van der Waals surface area contributed by atoms with Gasteiger partial charge in [-0.25, -0.2) is 18.8 Å². The van der Waals surface area contributed by atoms with Crippen LogP contribution >= 0.6 is 0 Å². The molecule has 6 nitrogen and oxygen atoms in total. The van der Waals surface area contributed by atoms with Crippen molar-refractivity contribution in [1.29, 1.82) is 0 Å². The lowest BCUT2D eigenvalue weighted by Gasteiger charge is -2.21. The molecule has 158 valence electrons. The second-order valence-corrected chi connectivity index (χ2v) is 7.76. The summed E-state index contributed by atoms with van der Waals surface area (Å²) >= 11 is 0. The van der Waals surface area contributed by atoms with E-state index in [9.17, 15) is 8.78 Å². The predicted octanol–water partition coefficient (Wildman–Crippen LogP) is 3.15. The number of aromatic nitrogens is 2. The molecule has 3 rings (SSSR count). The summed E-state index contributed by atoms with van der Waals surface area (Å²) in [6, 6.07) is 3.86. The van der Waals surface area contributed by atoms with Gasteiger partial charge in [-0.15, -0.1) is 0 Å². The molecular weight excluding hydrogens is 374 g/mol. The van der Waals surface area contributed by atoms with Gasteiger partial charge in [-0.2, -0.15) is 0 Å². The van der Waals surface area contributed by atoms with E-state index in [4.69, 9.17) is 0 Å². The van der Waals surface area contributed by atoms with E-state index in [0.717, 1.165) is 37.4 Å². The maximum atomic E-state index is 14.1. The molecule has 1 atom stereocenters. The fourth-order valence-corrected chi connectivity index (χ4v) is 3.55. The van der Waals surface area contributed by atoms with E-state index in [1.54, 1.807) is 6.20 Å². The second kappa shape index (κ2) is 9.71. The lowest BCUT2D eigenvalue weighted by Crippen LogP contribution is -2.44. The number of aliphatic imine (C=N–C) groups is 1. The quantitative estimate of drug-likeness (QED) is 0.550. The summed E-state index contributed by atoms with van der Waals surface area (Å²) < 4.78 is 29.4. The number of halogens is 2. The highest BCUT2D eigenvalue weighted by atomic mass is 19.1. The second-order valence-electron chi connectivity index (χ2n) is 7.76. The molecular formula is C21H30F2N6. The van der Waals surface area contributed by atoms with Crippen LogP contribution in [0, 0.1) is 17.6 Å². The normalized spacial score (nSPS) is 17.2. The molecule has 1 aromatic heterocycles. The van der Waals surface area contributed by atoms with Crippen molar-refractivity contribution in [2.75, 3.05) is 24.5 Å². The maximum Gasteiger partial charge on any atom is 0.191 e. The van der Waals surface area contributed by atoms with Crippen molar-refractivity contribution in [3.8, 4) is 0 Å². The predicted molar refractivity (Wildman–Crippen MR) is 112 cm³/mol. The van der Waals surface area contributed by atoms with Crippen molar-refractivity contribution in [2.45, 2.75) is 46.3 Å². The van der Waals surface area contributed by atoms with Gasteiger partial charge in [0.2, 0.25) is 0 Å². The third-order valence-electron chi connectivity index (χ3n) is 4.87. The number of rotatable bonds is 7. The van der Waals surface area contributed by atoms with Crippen LogP contribution < -0.4 is 15.5 Å². The largest absolute Gasteiger partial charge is 0.367 e. The van der Waals surface area contributed by atoms with Crippen LogP contribution in [0.1, 0.15) is 33.0 Å². The first-order valence-electron chi connectivity index (χ1n) is 10.2. The number of benzene rings is 1. The third-order valence-corrected chi connectivity index (χ3v) is 4.87. The molecule has 0 spiro atoms. The number of anilines is 1. The highest BCUT2D eigenvalue weighted by Gasteiger charge is 2.25. The Morgan fingerprint density at radius 2 is 2.17 bits per heavy atom. The minimum absolute atomic E-state index is 0.132. The van der Waals surface area contributed by atoms with Crippen LogP contribution in [0.5, 0.6) is 0 Å². The standard InChI is InChI=1S/C21H30F2N6/c1-4-24-21(26-12-20-25-8-10-29(20)13-15(2)3)27-17-7-9-28(14-17)19-6-5-16(22)11-18(19)23/h5-6,8,10-11,15,17H,4,7,9,12-14H2,1-3H3,(H2,24,26,27). The van der Waals surface area contributed by atoms with Crippen molar-refractivity contribution >= 4 is 11.6 Å². The molecule has 1 fully saturated rings. The Balaban J connectivity index is 1.62. The maximum absolute atomic E-state index is 14.1. The first kappa shape index (κ1) is 21.1. The fourth-order valence-electron chi connectivity index (χ4n) is 3.55. The lowest BCUT2D eigenvalue weighted by molar-refractivity contribution is 0.507. The van der Waals surface area contributed by atoms with Gasteiger partial charge in [0.1, 0.15) is 24.0 Å². The van der Waals surface area contributed by atoms with E-state index in [1.165, 1.54) is 12.1 Å². The summed E-state index contributed by atoms with van der Waals surface area (Å²) in [7, 11) is 0. The molecule has 1 saturated heterocycles. The first-order chi connectivity index (χ1) is 14.0. The van der Waals surface area contributed by atoms with E-state index < -0.39 is 11.6 Å². The summed E-state index contributed by atoms with van der Waals surface area (Å²) in [6.45, 7) is 9.85. The van der Waals surface area contributed by atoms with Crippen molar-refractivity contribution < 1.29 is 8.78 Å². The van der Waals surface area contributed by atoms with Crippen LogP contribution in [0.3, 0.4) is 0 Å². The molecule has 29 heavy (non-hydrogen) atoms. The molecule has 1 unspecified atom stereocenters. The van der Waals surface area contributed by atoms with Crippen molar-refractivity contribution in [1.82, 2.24) is 20.2 Å². The Labute approximate surface area is 171 Å². The summed E-state index contributed by atoms with van der Waals surface area (Å²) in [5.74, 6) is 1.10. The van der Waals surface area contributed by atoms with Gasteiger partial charge in [0.25, 0.3) is 0 Å². The molecule has 0 amide bonds. The van der Waals surface area contributed by atoms with E-state index in [-0.39, 0.29) is 6.04 Å². The minimum Gasteiger partial charge on any atom is -0.367 e. The Morgan fingerprint density at radius 1 is 1.34 bits per heavy atom. The highest BCUT2D eigenvalue weighted by molar-refractivity contribution is 5.80. The Kier molecular flexibility index (Phi) is 7.06. The van der Waals surface area contributed by atoms with Crippen LogP contribution in [0.25, 0.3) is 0 Å². The van der Waals surface area contributed by atoms with Crippen LogP contribution in [-0.4, -0.2) is 41.2 Å². The molecule has 0 bridgehead atoms. The average molecular weight is 405 g/mol. The molecule has 0 radical (unpaired) electrons. The third kappa shape index (κ3) is 5.68. The number of nitrogens with one attached hydrogen (secondary N) is 2. The smallest absolute Gasteiger partial charge is 0.191 e. The zero-order chi connectivity index (χ0) is 20.8. The van der Waals surface area contributed by atoms with E-state index in [1.807, 2.05) is 18.0 Å². The average Bonchev–Trinajstić information content (AvgIpc) is 3.29. The van der Waals surface area contributed by atoms with Gasteiger partial charge >= 0.3 is 0 Å². The van der Waals surface area contributed by atoms with Gasteiger partial charge in [0.15, 0.2) is 5.96 Å². The van der Waals surface area contributed by atoms with Gasteiger partial charge in [0.05, 0.1) is 5.69 Å². The number of guanidine groups is 1. The zero-order valence-electron chi connectivity index (χ0n) is 17.3. The Bertz CT molecular complexity index is 832. The molecule has 2 aromatic rings. The van der Waals surface area contributed by atoms with Gasteiger partial charge < -0.3 is 20.1 Å². The SMILES string of the molecule is CCNC(=NCc1nccn1CC(C)C)NC1CCN(c2ccc(F)cc2F)C1. The topological polar surface area (TPSA) is 57.5 Å². The molecule has 2 N–H and O–H groups in total. The first-order valence-corrected chi connectivity index (χ1v) is 10.2. The van der Waals surface area contributed by atoms with Gasteiger partial charge in [-0.3, -0.25) is 0 Å². The molecule has 8 heteroatoms. The monoisotopic (exact) mass is 404 g/mol. The Hall–Kier alpha value is -2.64. The van der Waals surface area contributed by atoms with Crippen LogP contribution in [-0.2, 0) is 13.1 Å². The molecule has 2 heterocycles. The van der Waals surface area contributed by atoms with Crippen LogP contribution in [0.15, 0.2) is 35.6 Å². The fraction of sp³-hybridized carbons (Fsp3) is 0.524. The van der Waals surface area contributed by atoms with Crippen molar-refractivity contribution in [2.24, 2.45) is 10.9 Å². The van der Waals surface area contributed by atoms with Crippen molar-refractivity contribution in [3.63, 3.8) is 0 Å².